The molecule has 0 radical (unpaired) electrons. The Balaban J connectivity index is 2.41. The van der Waals surface area contributed by atoms with Gasteiger partial charge in [-0.25, -0.2) is 9.69 Å². The van der Waals surface area contributed by atoms with Crippen molar-refractivity contribution in [3.8, 4) is 5.75 Å². The molecule has 1 heterocycles. The van der Waals surface area contributed by atoms with Gasteiger partial charge in [0.05, 0.1) is 5.69 Å². The predicted molar refractivity (Wildman–Crippen MR) is 84.7 cm³/mol. The van der Waals surface area contributed by atoms with E-state index in [4.69, 9.17) is 15.0 Å². The zero-order valence-electron chi connectivity index (χ0n) is 13.5. The summed E-state index contributed by atoms with van der Waals surface area (Å²) in [5.74, 6) is 0.738. The smallest absolute Gasteiger partial charge is 0.325 e. The summed E-state index contributed by atoms with van der Waals surface area (Å²) in [6.07, 6.45) is 0. The van der Waals surface area contributed by atoms with Gasteiger partial charge in [-0.1, -0.05) is 32.0 Å². The molecule has 0 spiro atoms. The molecule has 0 atom stereocenters. The normalized spacial score (nSPS) is 11.1. The van der Waals surface area contributed by atoms with Gasteiger partial charge in [0.15, 0.2) is 5.82 Å². The second kappa shape index (κ2) is 6.12. The summed E-state index contributed by atoms with van der Waals surface area (Å²) < 4.78 is 10.3. The third kappa shape index (κ3) is 3.88. The highest BCUT2D eigenvalue weighted by atomic mass is 16.5. The predicted octanol–water partition coefficient (Wildman–Crippen LogP) is 3.11. The lowest BCUT2D eigenvalue weighted by Gasteiger charge is -2.18. The lowest BCUT2D eigenvalue weighted by atomic mass is 9.93. The maximum Gasteiger partial charge on any atom is 0.325 e. The van der Waals surface area contributed by atoms with E-state index in [1.807, 2.05) is 20.8 Å². The van der Waals surface area contributed by atoms with Crippen LogP contribution in [0.4, 0.5) is 16.3 Å². The van der Waals surface area contributed by atoms with Crippen molar-refractivity contribution in [2.45, 2.75) is 33.1 Å². The molecule has 1 aromatic heterocycles. The fraction of sp³-hybridized carbons (Fsp3) is 0.312. The van der Waals surface area contributed by atoms with Crippen molar-refractivity contribution in [3.05, 3.63) is 36.1 Å². The van der Waals surface area contributed by atoms with Crippen LogP contribution in [-0.2, 0) is 10.2 Å². The van der Waals surface area contributed by atoms with Crippen LogP contribution in [0.2, 0.25) is 0 Å². The molecule has 7 heteroatoms. The first-order valence-corrected chi connectivity index (χ1v) is 7.04. The number of carbonyl (C=O) groups excluding carboxylic acids is 2. The lowest BCUT2D eigenvalue weighted by Crippen LogP contribution is -2.31. The van der Waals surface area contributed by atoms with Crippen LogP contribution in [0.15, 0.2) is 34.9 Å². The summed E-state index contributed by atoms with van der Waals surface area (Å²) in [6.45, 7) is 7.19. The Morgan fingerprint density at radius 3 is 2.48 bits per heavy atom. The number of nitrogens with zero attached hydrogens (tertiary/aromatic N) is 2. The van der Waals surface area contributed by atoms with Crippen molar-refractivity contribution in [1.82, 2.24) is 5.16 Å². The van der Waals surface area contributed by atoms with E-state index in [1.165, 1.54) is 17.9 Å². The SMILES string of the molecule is CC(=O)Oc1cccc(N(C(N)=O)c2cc(C(C)(C)C)on2)c1. The molecule has 0 saturated heterocycles. The number of esters is 1. The standard InChI is InChI=1S/C16H19N3O4/c1-10(20)22-12-7-5-6-11(8-12)19(15(17)21)14-9-13(23-18-14)16(2,3)4/h5-9H,1-4H3,(H2,17,21). The van der Waals surface area contributed by atoms with Gasteiger partial charge in [-0.3, -0.25) is 4.79 Å². The Bertz CT molecular complexity index is 731. The highest BCUT2D eigenvalue weighted by Crippen LogP contribution is 2.31. The topological polar surface area (TPSA) is 98.7 Å². The molecule has 122 valence electrons. The molecule has 1 aromatic carbocycles. The van der Waals surface area contributed by atoms with Gasteiger partial charge in [0.25, 0.3) is 0 Å². The van der Waals surface area contributed by atoms with Crippen LogP contribution in [0.5, 0.6) is 5.75 Å². The summed E-state index contributed by atoms with van der Waals surface area (Å²) in [5.41, 5.74) is 5.63. The van der Waals surface area contributed by atoms with Gasteiger partial charge in [0.2, 0.25) is 0 Å². The first kappa shape index (κ1) is 16.5. The lowest BCUT2D eigenvalue weighted by molar-refractivity contribution is -0.131. The van der Waals surface area contributed by atoms with Crippen molar-refractivity contribution >= 4 is 23.5 Å². The summed E-state index contributed by atoms with van der Waals surface area (Å²) in [4.78, 5) is 24.1. The summed E-state index contributed by atoms with van der Waals surface area (Å²) in [7, 11) is 0. The second-order valence-corrected chi connectivity index (χ2v) is 6.06. The minimum Gasteiger partial charge on any atom is -0.427 e. The number of rotatable bonds is 3. The number of ether oxygens (including phenoxy) is 1. The molecule has 2 amide bonds. The molecule has 0 aliphatic heterocycles. The highest BCUT2D eigenvalue weighted by Gasteiger charge is 2.25. The number of carbonyl (C=O) groups is 2. The number of anilines is 2. The first-order chi connectivity index (χ1) is 10.7. The van der Waals surface area contributed by atoms with Gasteiger partial charge < -0.3 is 15.0 Å². The third-order valence-corrected chi connectivity index (χ3v) is 3.02. The van der Waals surface area contributed by atoms with Gasteiger partial charge >= 0.3 is 12.0 Å². The molecule has 2 N–H and O–H groups in total. The van der Waals surface area contributed by atoms with Crippen molar-refractivity contribution in [2.75, 3.05) is 4.90 Å². The first-order valence-electron chi connectivity index (χ1n) is 7.04. The molecule has 0 aliphatic carbocycles. The van der Waals surface area contributed by atoms with Crippen molar-refractivity contribution in [2.24, 2.45) is 5.73 Å². The van der Waals surface area contributed by atoms with E-state index in [0.29, 0.717) is 17.2 Å². The van der Waals surface area contributed by atoms with E-state index < -0.39 is 12.0 Å². The Labute approximate surface area is 134 Å². The second-order valence-electron chi connectivity index (χ2n) is 6.06. The molecule has 0 aliphatic rings. The van der Waals surface area contributed by atoms with Crippen LogP contribution in [0.1, 0.15) is 33.5 Å². The van der Waals surface area contributed by atoms with Crippen molar-refractivity contribution < 1.29 is 18.8 Å². The zero-order valence-corrected chi connectivity index (χ0v) is 13.5. The largest absolute Gasteiger partial charge is 0.427 e. The number of primary amides is 1. The third-order valence-electron chi connectivity index (χ3n) is 3.02. The van der Waals surface area contributed by atoms with Crippen LogP contribution < -0.4 is 15.4 Å². The maximum atomic E-state index is 11.9. The fourth-order valence-electron chi connectivity index (χ4n) is 1.95. The zero-order chi connectivity index (χ0) is 17.2. The molecule has 0 fully saturated rings. The molecular weight excluding hydrogens is 298 g/mol. The number of aromatic nitrogens is 1. The van der Waals surface area contributed by atoms with Gasteiger partial charge in [-0.05, 0) is 12.1 Å². The maximum absolute atomic E-state index is 11.9. The fourth-order valence-corrected chi connectivity index (χ4v) is 1.95. The van der Waals surface area contributed by atoms with E-state index in [1.54, 1.807) is 24.3 Å². The molecule has 2 aromatic rings. The average Bonchev–Trinajstić information content (AvgIpc) is 2.87. The Morgan fingerprint density at radius 1 is 1.26 bits per heavy atom. The molecule has 2 rings (SSSR count). The Morgan fingerprint density at radius 2 is 1.96 bits per heavy atom. The number of urea groups is 1. The van der Waals surface area contributed by atoms with Crippen LogP contribution in [-0.4, -0.2) is 17.2 Å². The number of benzene rings is 1. The minimum atomic E-state index is -0.723. The average molecular weight is 317 g/mol. The van der Waals surface area contributed by atoms with E-state index >= 15 is 0 Å². The molecular formula is C16H19N3O4. The number of hydrogen-bond acceptors (Lipinski definition) is 5. The van der Waals surface area contributed by atoms with Crippen LogP contribution in [0.25, 0.3) is 0 Å². The minimum absolute atomic E-state index is 0.256. The Hall–Kier alpha value is -2.83. The van der Waals surface area contributed by atoms with Gasteiger partial charge in [-0.2, -0.15) is 0 Å². The van der Waals surface area contributed by atoms with Gasteiger partial charge in [0, 0.05) is 24.5 Å². The Kier molecular flexibility index (Phi) is 4.40. The van der Waals surface area contributed by atoms with E-state index in [2.05, 4.69) is 5.16 Å². The number of hydrogen-bond donors (Lipinski definition) is 1. The quantitative estimate of drug-likeness (QED) is 0.692. The van der Waals surface area contributed by atoms with Crippen molar-refractivity contribution in [1.29, 1.82) is 0 Å². The van der Waals surface area contributed by atoms with Crippen LogP contribution in [0, 0.1) is 0 Å². The summed E-state index contributed by atoms with van der Waals surface area (Å²) >= 11 is 0. The van der Waals surface area contributed by atoms with Gasteiger partial charge in [0.1, 0.15) is 11.5 Å². The highest BCUT2D eigenvalue weighted by molar-refractivity contribution is 5.97. The molecule has 7 nitrogen and oxygen atoms in total. The summed E-state index contributed by atoms with van der Waals surface area (Å²) in [6, 6.07) is 7.37. The van der Waals surface area contributed by atoms with Crippen molar-refractivity contribution in [3.63, 3.8) is 0 Å². The summed E-state index contributed by atoms with van der Waals surface area (Å²) in [5, 5.41) is 3.91. The van der Waals surface area contributed by atoms with E-state index in [9.17, 15) is 9.59 Å². The van der Waals surface area contributed by atoms with E-state index in [-0.39, 0.29) is 11.2 Å². The van der Waals surface area contributed by atoms with Crippen LogP contribution >= 0.6 is 0 Å². The molecule has 0 bridgehead atoms. The number of nitrogens with two attached hydrogens (primary N) is 1. The molecule has 0 unspecified atom stereocenters. The van der Waals surface area contributed by atoms with Crippen LogP contribution in [0.3, 0.4) is 0 Å². The van der Waals surface area contributed by atoms with E-state index in [0.717, 1.165) is 0 Å². The molecule has 23 heavy (non-hydrogen) atoms. The van der Waals surface area contributed by atoms with Gasteiger partial charge in [-0.15, -0.1) is 0 Å². The molecule has 0 saturated carbocycles. The monoisotopic (exact) mass is 317 g/mol. The number of amides is 2.